The van der Waals surface area contributed by atoms with Crippen LogP contribution >= 0.6 is 0 Å². The van der Waals surface area contributed by atoms with Crippen molar-refractivity contribution in [1.29, 1.82) is 0 Å². The monoisotopic (exact) mass is 331 g/mol. The van der Waals surface area contributed by atoms with Crippen LogP contribution in [0.5, 0.6) is 0 Å². The Balaban J connectivity index is 1.55. The number of benzene rings is 1. The molecule has 0 bridgehead atoms. The summed E-state index contributed by atoms with van der Waals surface area (Å²) in [6, 6.07) is 7.55. The standard InChI is InChI=1S/C18H25N3O3/c1-14(22)19-9-8-15-5-4-10-20(13-15)11-12-21-16-6-2-3-7-17(16)24-18(21)23/h2-3,6-7,15H,4-5,8-13H2,1H3,(H,19,22)/t15-/m1/s1. The number of hydrogen-bond donors (Lipinski definition) is 1. The first-order valence-electron chi connectivity index (χ1n) is 8.68. The molecule has 0 spiro atoms. The van der Waals surface area contributed by atoms with E-state index in [1.807, 2.05) is 24.3 Å². The van der Waals surface area contributed by atoms with Crippen molar-refractivity contribution < 1.29 is 9.21 Å². The summed E-state index contributed by atoms with van der Waals surface area (Å²) in [4.78, 5) is 25.4. The third-order valence-electron chi connectivity index (χ3n) is 4.74. The van der Waals surface area contributed by atoms with Gasteiger partial charge in [0.1, 0.15) is 0 Å². The topological polar surface area (TPSA) is 67.5 Å². The third kappa shape index (κ3) is 4.06. The first-order chi connectivity index (χ1) is 11.6. The van der Waals surface area contributed by atoms with Gasteiger partial charge in [-0.15, -0.1) is 0 Å². The zero-order valence-corrected chi connectivity index (χ0v) is 14.2. The fourth-order valence-corrected chi connectivity index (χ4v) is 3.51. The SMILES string of the molecule is CC(=O)NCC[C@H]1CCCN(CCn2c(=O)oc3ccccc32)C1. The molecule has 1 N–H and O–H groups in total. The van der Waals surface area contributed by atoms with Gasteiger partial charge >= 0.3 is 5.76 Å². The van der Waals surface area contributed by atoms with Gasteiger partial charge in [0.25, 0.3) is 0 Å². The van der Waals surface area contributed by atoms with E-state index >= 15 is 0 Å². The van der Waals surface area contributed by atoms with Gasteiger partial charge in [-0.2, -0.15) is 0 Å². The maximum Gasteiger partial charge on any atom is 0.419 e. The molecule has 3 rings (SSSR count). The molecule has 1 aliphatic rings. The van der Waals surface area contributed by atoms with Crippen LogP contribution in [0.2, 0.25) is 0 Å². The van der Waals surface area contributed by atoms with Crippen molar-refractivity contribution >= 4 is 17.0 Å². The van der Waals surface area contributed by atoms with Crippen LogP contribution in [0.4, 0.5) is 0 Å². The van der Waals surface area contributed by atoms with Crippen molar-refractivity contribution in [2.75, 3.05) is 26.2 Å². The summed E-state index contributed by atoms with van der Waals surface area (Å²) in [5.41, 5.74) is 1.51. The number of likely N-dealkylation sites (tertiary alicyclic amines) is 1. The molecule has 1 fully saturated rings. The summed E-state index contributed by atoms with van der Waals surface area (Å²) in [5.74, 6) is 0.368. The Hall–Kier alpha value is -2.08. The van der Waals surface area contributed by atoms with Gasteiger partial charge in [-0.05, 0) is 43.9 Å². The molecule has 0 aliphatic carbocycles. The normalized spacial score (nSPS) is 18.8. The Bertz CT molecular complexity index is 749. The summed E-state index contributed by atoms with van der Waals surface area (Å²) in [7, 11) is 0. The van der Waals surface area contributed by atoms with E-state index in [0.717, 1.165) is 38.1 Å². The van der Waals surface area contributed by atoms with Crippen molar-refractivity contribution in [2.45, 2.75) is 32.7 Å². The number of rotatable bonds is 6. The summed E-state index contributed by atoms with van der Waals surface area (Å²) in [6.45, 7) is 5.90. The molecule has 0 radical (unpaired) electrons. The van der Waals surface area contributed by atoms with Crippen LogP contribution in [0, 0.1) is 5.92 Å². The molecular formula is C18H25N3O3. The van der Waals surface area contributed by atoms with Crippen LogP contribution in [-0.4, -0.2) is 41.6 Å². The summed E-state index contributed by atoms with van der Waals surface area (Å²) in [6.07, 6.45) is 3.40. The van der Waals surface area contributed by atoms with Gasteiger partial charge in [0.2, 0.25) is 5.91 Å². The number of hydrogen-bond acceptors (Lipinski definition) is 4. The summed E-state index contributed by atoms with van der Waals surface area (Å²) in [5, 5.41) is 2.87. The zero-order chi connectivity index (χ0) is 16.9. The molecule has 1 aliphatic heterocycles. The summed E-state index contributed by atoms with van der Waals surface area (Å²) >= 11 is 0. The van der Waals surface area contributed by atoms with E-state index < -0.39 is 0 Å². The minimum Gasteiger partial charge on any atom is -0.408 e. The molecule has 6 heteroatoms. The number of piperidine rings is 1. The van der Waals surface area contributed by atoms with Crippen LogP contribution in [0.3, 0.4) is 0 Å². The molecule has 2 heterocycles. The molecule has 1 atom stereocenters. The van der Waals surface area contributed by atoms with Crippen LogP contribution in [0.15, 0.2) is 33.5 Å². The van der Waals surface area contributed by atoms with E-state index in [2.05, 4.69) is 10.2 Å². The van der Waals surface area contributed by atoms with Gasteiger partial charge < -0.3 is 14.6 Å². The van der Waals surface area contributed by atoms with Crippen LogP contribution in [-0.2, 0) is 11.3 Å². The fraction of sp³-hybridized carbons (Fsp3) is 0.556. The van der Waals surface area contributed by atoms with E-state index in [-0.39, 0.29) is 11.7 Å². The Morgan fingerprint density at radius 2 is 2.17 bits per heavy atom. The minimum atomic E-state index is -0.282. The Labute approximate surface area is 141 Å². The average Bonchev–Trinajstić information content (AvgIpc) is 2.88. The number of para-hydroxylation sites is 2. The zero-order valence-electron chi connectivity index (χ0n) is 14.2. The van der Waals surface area contributed by atoms with Crippen molar-refractivity contribution in [3.8, 4) is 0 Å². The van der Waals surface area contributed by atoms with Gasteiger partial charge in [0, 0.05) is 33.1 Å². The Morgan fingerprint density at radius 3 is 3.00 bits per heavy atom. The maximum atomic E-state index is 12.0. The van der Waals surface area contributed by atoms with Crippen molar-refractivity contribution in [1.82, 2.24) is 14.8 Å². The molecule has 6 nitrogen and oxygen atoms in total. The van der Waals surface area contributed by atoms with Gasteiger partial charge in [-0.3, -0.25) is 9.36 Å². The molecule has 24 heavy (non-hydrogen) atoms. The lowest BCUT2D eigenvalue weighted by molar-refractivity contribution is -0.119. The third-order valence-corrected chi connectivity index (χ3v) is 4.74. The van der Waals surface area contributed by atoms with E-state index in [9.17, 15) is 9.59 Å². The van der Waals surface area contributed by atoms with Crippen LogP contribution in [0.25, 0.3) is 11.1 Å². The highest BCUT2D eigenvalue weighted by atomic mass is 16.4. The smallest absolute Gasteiger partial charge is 0.408 e. The summed E-state index contributed by atoms with van der Waals surface area (Å²) < 4.78 is 7.00. The first kappa shape index (κ1) is 16.8. The molecule has 1 aromatic heterocycles. The molecular weight excluding hydrogens is 306 g/mol. The number of carbonyl (C=O) groups is 1. The number of nitrogens with zero attached hydrogens (tertiary/aromatic N) is 2. The maximum absolute atomic E-state index is 12.0. The highest BCUT2D eigenvalue weighted by Gasteiger charge is 2.20. The van der Waals surface area contributed by atoms with E-state index in [0.29, 0.717) is 18.0 Å². The van der Waals surface area contributed by atoms with Crippen LogP contribution < -0.4 is 11.1 Å². The quantitative estimate of drug-likeness (QED) is 0.877. The number of carbonyl (C=O) groups excluding carboxylic acids is 1. The first-order valence-corrected chi connectivity index (χ1v) is 8.68. The lowest BCUT2D eigenvalue weighted by atomic mass is 9.95. The van der Waals surface area contributed by atoms with E-state index in [1.165, 1.54) is 12.8 Å². The molecule has 0 saturated carbocycles. The number of fused-ring (bicyclic) bond motifs is 1. The molecule has 1 amide bonds. The number of aromatic nitrogens is 1. The van der Waals surface area contributed by atoms with Gasteiger partial charge in [0.05, 0.1) is 5.52 Å². The second kappa shape index (κ2) is 7.66. The highest BCUT2D eigenvalue weighted by Crippen LogP contribution is 2.19. The minimum absolute atomic E-state index is 0.0360. The van der Waals surface area contributed by atoms with Gasteiger partial charge in [0.15, 0.2) is 5.58 Å². The number of oxazole rings is 1. The molecule has 2 aromatic rings. The average molecular weight is 331 g/mol. The van der Waals surface area contributed by atoms with Crippen molar-refractivity contribution in [2.24, 2.45) is 5.92 Å². The van der Waals surface area contributed by atoms with E-state index in [1.54, 1.807) is 11.5 Å². The predicted molar refractivity (Wildman–Crippen MR) is 92.9 cm³/mol. The molecule has 1 aromatic carbocycles. The van der Waals surface area contributed by atoms with Gasteiger partial charge in [-0.25, -0.2) is 4.79 Å². The number of amides is 1. The Kier molecular flexibility index (Phi) is 5.35. The molecule has 0 unspecified atom stereocenters. The van der Waals surface area contributed by atoms with Crippen molar-refractivity contribution in [3.63, 3.8) is 0 Å². The second-order valence-corrected chi connectivity index (χ2v) is 6.57. The molecule has 1 saturated heterocycles. The number of nitrogens with one attached hydrogen (secondary N) is 1. The molecule has 130 valence electrons. The largest absolute Gasteiger partial charge is 0.419 e. The second-order valence-electron chi connectivity index (χ2n) is 6.57. The lowest BCUT2D eigenvalue weighted by Gasteiger charge is -2.32. The van der Waals surface area contributed by atoms with E-state index in [4.69, 9.17) is 4.42 Å². The lowest BCUT2D eigenvalue weighted by Crippen LogP contribution is -2.39. The van der Waals surface area contributed by atoms with Gasteiger partial charge in [-0.1, -0.05) is 12.1 Å². The highest BCUT2D eigenvalue weighted by molar-refractivity contribution is 5.73. The van der Waals surface area contributed by atoms with Crippen molar-refractivity contribution in [3.05, 3.63) is 34.8 Å². The fourth-order valence-electron chi connectivity index (χ4n) is 3.51. The van der Waals surface area contributed by atoms with Crippen LogP contribution in [0.1, 0.15) is 26.2 Å². The Morgan fingerprint density at radius 1 is 1.33 bits per heavy atom. The predicted octanol–water partition coefficient (Wildman–Crippen LogP) is 1.83.